The molecule has 216 valence electrons. The van der Waals surface area contributed by atoms with Crippen molar-refractivity contribution in [3.8, 4) is 0 Å². The van der Waals surface area contributed by atoms with Crippen LogP contribution in [0.2, 0.25) is 0 Å². The van der Waals surface area contributed by atoms with Crippen LogP contribution >= 0.6 is 0 Å². The number of amides is 1. The fraction of sp³-hybridized carbons (Fsp3) is 0.294. The summed E-state index contributed by atoms with van der Waals surface area (Å²) in [5.41, 5.74) is 6.03. The number of aromatic nitrogens is 1. The molecule has 1 amide bonds. The number of aryl methyl sites for hydroxylation is 2. The molecule has 2 aliphatic rings. The van der Waals surface area contributed by atoms with Gasteiger partial charge in [0.15, 0.2) is 0 Å². The first-order chi connectivity index (χ1) is 20.2. The zero-order chi connectivity index (χ0) is 29.4. The van der Waals surface area contributed by atoms with E-state index in [9.17, 15) is 18.3 Å². The lowest BCUT2D eigenvalue weighted by Crippen LogP contribution is -2.34. The van der Waals surface area contributed by atoms with Crippen molar-refractivity contribution in [1.29, 1.82) is 0 Å². The Morgan fingerprint density at radius 3 is 2.48 bits per heavy atom. The van der Waals surface area contributed by atoms with E-state index in [0.717, 1.165) is 40.9 Å². The van der Waals surface area contributed by atoms with Crippen molar-refractivity contribution < 1.29 is 18.3 Å². The highest BCUT2D eigenvalue weighted by atomic mass is 32.2. The number of carbonyl (C=O) groups is 1. The summed E-state index contributed by atoms with van der Waals surface area (Å²) in [5.74, 6) is 0.0387. The fourth-order valence-electron chi connectivity index (χ4n) is 5.94. The Morgan fingerprint density at radius 2 is 1.76 bits per heavy atom. The number of anilines is 1. The molecule has 4 aromatic rings. The first kappa shape index (κ1) is 28.3. The number of aliphatic hydroxyl groups is 1. The number of nitrogens with one attached hydrogen (secondary N) is 1. The van der Waals surface area contributed by atoms with Crippen molar-refractivity contribution in [2.75, 3.05) is 4.90 Å². The van der Waals surface area contributed by atoms with Gasteiger partial charge in [0.25, 0.3) is 0 Å². The number of aliphatic hydroxyl groups excluding tert-OH is 1. The van der Waals surface area contributed by atoms with Crippen LogP contribution in [-0.4, -0.2) is 30.5 Å². The number of hydrogen-bond donors (Lipinski definition) is 2. The molecule has 7 nitrogen and oxygen atoms in total. The molecule has 1 heterocycles. The molecule has 0 saturated heterocycles. The maximum absolute atomic E-state index is 14.0. The third kappa shape index (κ3) is 5.75. The van der Waals surface area contributed by atoms with Gasteiger partial charge >= 0.3 is 0 Å². The fourth-order valence-corrected chi connectivity index (χ4v) is 7.19. The van der Waals surface area contributed by atoms with Crippen LogP contribution in [0.3, 0.4) is 0 Å². The molecular formula is C34H35N3O4S. The molecule has 0 aliphatic heterocycles. The van der Waals surface area contributed by atoms with Gasteiger partial charge in [0, 0.05) is 23.7 Å². The van der Waals surface area contributed by atoms with Gasteiger partial charge in [-0.05, 0) is 84.3 Å². The lowest BCUT2D eigenvalue weighted by atomic mass is 10.1. The zero-order valence-corrected chi connectivity index (χ0v) is 24.6. The summed E-state index contributed by atoms with van der Waals surface area (Å²) in [7, 11) is -3.89. The van der Waals surface area contributed by atoms with E-state index in [1.165, 1.54) is 0 Å². The third-order valence-corrected chi connectivity index (χ3v) is 9.84. The van der Waals surface area contributed by atoms with Crippen molar-refractivity contribution in [3.63, 3.8) is 0 Å². The average molecular weight is 582 g/mol. The van der Waals surface area contributed by atoms with Gasteiger partial charge in [-0.2, -0.15) is 0 Å². The number of benzene rings is 3. The summed E-state index contributed by atoms with van der Waals surface area (Å²) in [6.07, 6.45) is 0.993. The van der Waals surface area contributed by atoms with Crippen molar-refractivity contribution in [2.24, 2.45) is 5.92 Å². The SMILES string of the molecule is CCc1ccc(S(=O)(=O)NC2c3cc(N(Cc4cccc(C)n4)C(=O)C4CC4c4ccccc4)ccc3CC2O)cc1. The van der Waals surface area contributed by atoms with Gasteiger partial charge in [-0.25, -0.2) is 13.1 Å². The smallest absolute Gasteiger partial charge is 0.241 e. The van der Waals surface area contributed by atoms with E-state index in [0.29, 0.717) is 24.2 Å². The molecule has 3 aromatic carbocycles. The minimum Gasteiger partial charge on any atom is -0.391 e. The summed E-state index contributed by atoms with van der Waals surface area (Å²) >= 11 is 0. The van der Waals surface area contributed by atoms with Crippen LogP contribution in [0, 0.1) is 12.8 Å². The molecular weight excluding hydrogens is 546 g/mol. The minimum atomic E-state index is -3.89. The van der Waals surface area contributed by atoms with Crippen molar-refractivity contribution >= 4 is 21.6 Å². The van der Waals surface area contributed by atoms with Crippen LogP contribution in [0.5, 0.6) is 0 Å². The van der Waals surface area contributed by atoms with E-state index >= 15 is 0 Å². The Balaban J connectivity index is 1.31. The topological polar surface area (TPSA) is 99.6 Å². The maximum atomic E-state index is 14.0. The lowest BCUT2D eigenvalue weighted by Gasteiger charge is -2.25. The molecule has 4 unspecified atom stereocenters. The Morgan fingerprint density at radius 1 is 1.00 bits per heavy atom. The van der Waals surface area contributed by atoms with E-state index < -0.39 is 22.2 Å². The summed E-state index contributed by atoms with van der Waals surface area (Å²) < 4.78 is 29.4. The molecule has 1 fully saturated rings. The summed E-state index contributed by atoms with van der Waals surface area (Å²) in [5, 5.41) is 10.9. The van der Waals surface area contributed by atoms with Crippen LogP contribution in [0.1, 0.15) is 58.9 Å². The van der Waals surface area contributed by atoms with Crippen LogP contribution in [0.25, 0.3) is 0 Å². The first-order valence-corrected chi connectivity index (χ1v) is 15.9. The molecule has 1 aromatic heterocycles. The molecule has 2 N–H and O–H groups in total. The highest BCUT2D eigenvalue weighted by Gasteiger charge is 2.46. The number of carbonyl (C=O) groups excluding carboxylic acids is 1. The van der Waals surface area contributed by atoms with Gasteiger partial charge in [-0.1, -0.05) is 61.5 Å². The normalized spacial score (nSPS) is 21.1. The van der Waals surface area contributed by atoms with Crippen molar-refractivity contribution in [2.45, 2.75) is 62.6 Å². The van der Waals surface area contributed by atoms with Gasteiger partial charge in [-0.15, -0.1) is 0 Å². The highest BCUT2D eigenvalue weighted by molar-refractivity contribution is 7.89. The van der Waals surface area contributed by atoms with E-state index in [1.807, 2.05) is 68.4 Å². The van der Waals surface area contributed by atoms with Crippen molar-refractivity contribution in [1.82, 2.24) is 9.71 Å². The monoisotopic (exact) mass is 581 g/mol. The summed E-state index contributed by atoms with van der Waals surface area (Å²) in [6, 6.07) is 27.4. The van der Waals surface area contributed by atoms with Crippen LogP contribution in [0.15, 0.2) is 95.9 Å². The Labute approximate surface area is 247 Å². The van der Waals surface area contributed by atoms with E-state index in [4.69, 9.17) is 0 Å². The Kier molecular flexibility index (Phi) is 7.70. The summed E-state index contributed by atoms with van der Waals surface area (Å²) in [6.45, 7) is 4.23. The van der Waals surface area contributed by atoms with Gasteiger partial charge < -0.3 is 10.0 Å². The quantitative estimate of drug-likeness (QED) is 0.282. The Bertz CT molecular complexity index is 1710. The molecule has 42 heavy (non-hydrogen) atoms. The minimum absolute atomic E-state index is 0.0128. The largest absolute Gasteiger partial charge is 0.391 e. The second-order valence-corrected chi connectivity index (χ2v) is 13.0. The number of pyridine rings is 1. The van der Waals surface area contributed by atoms with Gasteiger partial charge in [-0.3, -0.25) is 9.78 Å². The second kappa shape index (κ2) is 11.4. The molecule has 0 bridgehead atoms. The van der Waals surface area contributed by atoms with Gasteiger partial charge in [0.05, 0.1) is 29.3 Å². The predicted octanol–water partition coefficient (Wildman–Crippen LogP) is 5.23. The second-order valence-electron chi connectivity index (χ2n) is 11.3. The number of sulfonamides is 1. The molecule has 0 spiro atoms. The summed E-state index contributed by atoms with van der Waals surface area (Å²) in [4.78, 5) is 20.6. The lowest BCUT2D eigenvalue weighted by molar-refractivity contribution is -0.120. The average Bonchev–Trinajstić information content (AvgIpc) is 3.75. The third-order valence-electron chi connectivity index (χ3n) is 8.38. The number of hydrogen-bond acceptors (Lipinski definition) is 5. The van der Waals surface area contributed by atoms with E-state index in [-0.39, 0.29) is 22.6 Å². The van der Waals surface area contributed by atoms with E-state index in [1.54, 1.807) is 29.2 Å². The van der Waals surface area contributed by atoms with Crippen LogP contribution in [-0.2, 0) is 34.2 Å². The standard InChI is InChI=1S/C34H35N3O4S/c1-3-23-12-16-28(17-13-23)42(40,41)36-33-30-19-27(15-14-25(30)18-32(33)38)37(21-26-11-7-8-22(2)35-26)34(39)31-20-29(31)24-9-5-4-6-10-24/h4-17,19,29,31-33,36,38H,3,18,20-21H2,1-2H3. The van der Waals surface area contributed by atoms with Gasteiger partial charge in [0.2, 0.25) is 15.9 Å². The van der Waals surface area contributed by atoms with E-state index in [2.05, 4.69) is 21.8 Å². The molecule has 2 aliphatic carbocycles. The zero-order valence-electron chi connectivity index (χ0n) is 23.8. The number of nitrogens with zero attached hydrogens (tertiary/aromatic N) is 2. The molecule has 6 rings (SSSR count). The van der Waals surface area contributed by atoms with Crippen LogP contribution in [0.4, 0.5) is 5.69 Å². The molecule has 1 saturated carbocycles. The molecule has 4 atom stereocenters. The molecule has 8 heteroatoms. The predicted molar refractivity (Wildman–Crippen MR) is 162 cm³/mol. The highest BCUT2D eigenvalue weighted by Crippen LogP contribution is 2.49. The van der Waals surface area contributed by atoms with Gasteiger partial charge in [0.1, 0.15) is 0 Å². The number of rotatable bonds is 9. The Hall–Kier alpha value is -3.85. The molecule has 0 radical (unpaired) electrons. The van der Waals surface area contributed by atoms with Crippen molar-refractivity contribution in [3.05, 3.63) is 125 Å². The maximum Gasteiger partial charge on any atom is 0.241 e. The number of fused-ring (bicyclic) bond motifs is 1. The van der Waals surface area contributed by atoms with Crippen LogP contribution < -0.4 is 9.62 Å². The first-order valence-electron chi connectivity index (χ1n) is 14.4.